The minimum Gasteiger partial charge on any atom is -0.507 e. The first-order valence-electron chi connectivity index (χ1n) is 11.2. The standard InChI is InChI=1S/C26H30N2O4/c1-4-5-14-28-23(17-8-11-20(12-9-17)27(2)3)22(25(30)26(28)31)24(29)19-10-13-21-18(16-19)7-6-15-32-21/h8-13,16,23,29H,4-7,14-15H2,1-3H3/b24-22-. The van der Waals surface area contributed by atoms with E-state index in [-0.39, 0.29) is 11.3 Å². The highest BCUT2D eigenvalue weighted by Crippen LogP contribution is 2.40. The second kappa shape index (κ2) is 9.07. The number of unbranched alkanes of at least 4 members (excludes halogenated alkanes) is 1. The zero-order chi connectivity index (χ0) is 22.8. The van der Waals surface area contributed by atoms with Crippen molar-refractivity contribution in [3.8, 4) is 5.75 Å². The van der Waals surface area contributed by atoms with Gasteiger partial charge in [0.15, 0.2) is 0 Å². The maximum absolute atomic E-state index is 13.1. The number of hydrogen-bond acceptors (Lipinski definition) is 5. The van der Waals surface area contributed by atoms with Crippen LogP contribution in [0.3, 0.4) is 0 Å². The van der Waals surface area contributed by atoms with Gasteiger partial charge in [0.25, 0.3) is 11.7 Å². The topological polar surface area (TPSA) is 70.1 Å². The van der Waals surface area contributed by atoms with Crippen LogP contribution in [0, 0.1) is 0 Å². The molecule has 2 heterocycles. The van der Waals surface area contributed by atoms with Crippen molar-refractivity contribution >= 4 is 23.1 Å². The normalized spacial score (nSPS) is 19.6. The van der Waals surface area contributed by atoms with Crippen LogP contribution in [0.5, 0.6) is 5.75 Å². The van der Waals surface area contributed by atoms with Gasteiger partial charge < -0.3 is 19.6 Å². The van der Waals surface area contributed by atoms with Crippen LogP contribution in [-0.4, -0.2) is 48.9 Å². The zero-order valence-corrected chi connectivity index (χ0v) is 18.9. The summed E-state index contributed by atoms with van der Waals surface area (Å²) in [6, 6.07) is 12.6. The summed E-state index contributed by atoms with van der Waals surface area (Å²) in [5.74, 6) is -0.498. The van der Waals surface area contributed by atoms with E-state index in [0.717, 1.165) is 48.2 Å². The van der Waals surface area contributed by atoms with Crippen molar-refractivity contribution in [3.63, 3.8) is 0 Å². The van der Waals surface area contributed by atoms with Gasteiger partial charge in [0.1, 0.15) is 11.5 Å². The van der Waals surface area contributed by atoms with Crippen molar-refractivity contribution in [2.24, 2.45) is 0 Å². The SMILES string of the molecule is CCCCN1C(=O)C(=O)/C(=C(\O)c2ccc3c(c2)CCCO3)C1c1ccc(N(C)C)cc1. The highest BCUT2D eigenvalue weighted by molar-refractivity contribution is 6.46. The highest BCUT2D eigenvalue weighted by Gasteiger charge is 2.45. The predicted octanol–water partition coefficient (Wildman–Crippen LogP) is 4.30. The fourth-order valence-corrected chi connectivity index (χ4v) is 4.40. The van der Waals surface area contributed by atoms with Crippen LogP contribution in [0.1, 0.15) is 48.9 Å². The van der Waals surface area contributed by atoms with Gasteiger partial charge in [0.05, 0.1) is 18.2 Å². The van der Waals surface area contributed by atoms with Crippen molar-refractivity contribution in [1.29, 1.82) is 0 Å². The van der Waals surface area contributed by atoms with Gasteiger partial charge in [-0.3, -0.25) is 9.59 Å². The van der Waals surface area contributed by atoms with Crippen molar-refractivity contribution in [1.82, 2.24) is 4.90 Å². The van der Waals surface area contributed by atoms with E-state index in [4.69, 9.17) is 4.74 Å². The first-order valence-corrected chi connectivity index (χ1v) is 11.2. The fraction of sp³-hybridized carbons (Fsp3) is 0.385. The molecule has 4 rings (SSSR count). The summed E-state index contributed by atoms with van der Waals surface area (Å²) in [6.07, 6.45) is 3.46. The molecule has 0 aliphatic carbocycles. The van der Waals surface area contributed by atoms with E-state index in [9.17, 15) is 14.7 Å². The Bertz CT molecular complexity index is 1060. The Labute approximate surface area is 189 Å². The molecule has 2 aromatic rings. The van der Waals surface area contributed by atoms with Gasteiger partial charge in [-0.15, -0.1) is 0 Å². The first kappa shape index (κ1) is 21.9. The maximum Gasteiger partial charge on any atom is 0.295 e. The number of ketones is 1. The number of nitrogens with zero attached hydrogens (tertiary/aromatic N) is 2. The molecular formula is C26H30N2O4. The predicted molar refractivity (Wildman–Crippen MR) is 125 cm³/mol. The number of likely N-dealkylation sites (tertiary alicyclic amines) is 1. The average molecular weight is 435 g/mol. The molecule has 0 aromatic heterocycles. The molecule has 1 N–H and O–H groups in total. The lowest BCUT2D eigenvalue weighted by molar-refractivity contribution is -0.139. The van der Waals surface area contributed by atoms with E-state index in [1.54, 1.807) is 11.0 Å². The number of anilines is 1. The molecule has 6 nitrogen and oxygen atoms in total. The van der Waals surface area contributed by atoms with Gasteiger partial charge >= 0.3 is 0 Å². The summed E-state index contributed by atoms with van der Waals surface area (Å²) in [5, 5.41) is 11.3. The molecule has 32 heavy (non-hydrogen) atoms. The van der Waals surface area contributed by atoms with Gasteiger partial charge in [0, 0.05) is 31.9 Å². The Morgan fingerprint density at radius 3 is 2.59 bits per heavy atom. The number of aliphatic hydroxyl groups is 1. The van der Waals surface area contributed by atoms with E-state index in [1.165, 1.54) is 0 Å². The van der Waals surface area contributed by atoms with Gasteiger partial charge in [0.2, 0.25) is 0 Å². The number of aliphatic hydroxyl groups excluding tert-OH is 1. The minimum atomic E-state index is -0.630. The molecule has 1 atom stereocenters. The number of Topliss-reactive ketones (excluding diaryl/α,β-unsaturated/α-hetero) is 1. The zero-order valence-electron chi connectivity index (χ0n) is 18.9. The number of amides is 1. The number of rotatable bonds is 6. The first-order chi connectivity index (χ1) is 15.4. The Balaban J connectivity index is 1.81. The van der Waals surface area contributed by atoms with E-state index in [0.29, 0.717) is 18.7 Å². The van der Waals surface area contributed by atoms with Crippen LogP contribution < -0.4 is 9.64 Å². The molecule has 1 unspecified atom stereocenters. The third-order valence-corrected chi connectivity index (χ3v) is 6.20. The molecular weight excluding hydrogens is 404 g/mol. The molecule has 0 bridgehead atoms. The molecule has 2 aromatic carbocycles. The Hall–Kier alpha value is -3.28. The fourth-order valence-electron chi connectivity index (χ4n) is 4.40. The second-order valence-electron chi connectivity index (χ2n) is 8.61. The number of carbonyl (C=O) groups excluding carboxylic acids is 2. The number of fused-ring (bicyclic) bond motifs is 1. The van der Waals surface area contributed by atoms with Gasteiger partial charge in [-0.05, 0) is 60.7 Å². The van der Waals surface area contributed by atoms with Crippen molar-refractivity contribution in [2.45, 2.75) is 38.6 Å². The molecule has 0 spiro atoms. The highest BCUT2D eigenvalue weighted by atomic mass is 16.5. The lowest BCUT2D eigenvalue weighted by atomic mass is 9.93. The van der Waals surface area contributed by atoms with Crippen LogP contribution in [0.4, 0.5) is 5.69 Å². The van der Waals surface area contributed by atoms with Crippen LogP contribution in [0.25, 0.3) is 5.76 Å². The van der Waals surface area contributed by atoms with Crippen LogP contribution in [0.15, 0.2) is 48.0 Å². The monoisotopic (exact) mass is 434 g/mol. The molecule has 1 amide bonds. The number of aryl methyl sites for hydroxylation is 1. The molecule has 168 valence electrons. The van der Waals surface area contributed by atoms with E-state index < -0.39 is 17.7 Å². The lowest BCUT2D eigenvalue weighted by Gasteiger charge is -2.26. The number of benzene rings is 2. The summed E-state index contributed by atoms with van der Waals surface area (Å²) in [4.78, 5) is 29.6. The number of hydrogen-bond donors (Lipinski definition) is 1. The lowest BCUT2D eigenvalue weighted by Crippen LogP contribution is -2.30. The molecule has 1 saturated heterocycles. The summed E-state index contributed by atoms with van der Waals surface area (Å²) in [5.41, 5.74) is 3.54. The average Bonchev–Trinajstić information content (AvgIpc) is 3.06. The van der Waals surface area contributed by atoms with E-state index in [1.807, 2.05) is 62.3 Å². The molecule has 0 radical (unpaired) electrons. The van der Waals surface area contributed by atoms with E-state index >= 15 is 0 Å². The van der Waals surface area contributed by atoms with Crippen molar-refractivity contribution in [2.75, 3.05) is 32.1 Å². The smallest absolute Gasteiger partial charge is 0.295 e. The summed E-state index contributed by atoms with van der Waals surface area (Å²) < 4.78 is 5.67. The Kier molecular flexibility index (Phi) is 6.21. The van der Waals surface area contributed by atoms with Gasteiger partial charge in [-0.1, -0.05) is 25.5 Å². The number of ether oxygens (including phenoxy) is 1. The largest absolute Gasteiger partial charge is 0.507 e. The maximum atomic E-state index is 13.1. The summed E-state index contributed by atoms with van der Waals surface area (Å²) in [6.45, 7) is 3.20. The number of carbonyl (C=O) groups is 2. The van der Waals surface area contributed by atoms with Crippen LogP contribution in [0.2, 0.25) is 0 Å². The summed E-state index contributed by atoms with van der Waals surface area (Å²) >= 11 is 0. The Morgan fingerprint density at radius 1 is 1.16 bits per heavy atom. The molecule has 0 saturated carbocycles. The minimum absolute atomic E-state index is 0.127. The van der Waals surface area contributed by atoms with Crippen molar-refractivity contribution in [3.05, 3.63) is 64.7 Å². The molecule has 2 aliphatic heterocycles. The summed E-state index contributed by atoms with van der Waals surface area (Å²) in [7, 11) is 3.92. The quantitative estimate of drug-likeness (QED) is 0.417. The van der Waals surface area contributed by atoms with E-state index in [2.05, 4.69) is 0 Å². The Morgan fingerprint density at radius 2 is 1.91 bits per heavy atom. The van der Waals surface area contributed by atoms with Crippen molar-refractivity contribution < 1.29 is 19.4 Å². The molecule has 2 aliphatic rings. The second-order valence-corrected chi connectivity index (χ2v) is 8.61. The van der Waals surface area contributed by atoms with Gasteiger partial charge in [-0.25, -0.2) is 0 Å². The van der Waals surface area contributed by atoms with Gasteiger partial charge in [-0.2, -0.15) is 0 Å². The third kappa shape index (κ3) is 3.97. The molecule has 1 fully saturated rings. The molecule has 6 heteroatoms. The van der Waals surface area contributed by atoms with Crippen LogP contribution >= 0.6 is 0 Å². The van der Waals surface area contributed by atoms with Crippen LogP contribution in [-0.2, 0) is 16.0 Å². The third-order valence-electron chi connectivity index (χ3n) is 6.20.